The van der Waals surface area contributed by atoms with E-state index in [1.807, 2.05) is 12.1 Å². The van der Waals surface area contributed by atoms with Crippen LogP contribution in [0.25, 0.3) is 0 Å². The molecule has 8 nitrogen and oxygen atoms in total. The number of nitrogens with zero attached hydrogens (tertiary/aromatic N) is 2. The van der Waals surface area contributed by atoms with Gasteiger partial charge in [0.05, 0.1) is 0 Å². The first-order chi connectivity index (χ1) is 12.2. The largest absolute Gasteiger partial charge is 0.476 e. The zero-order valence-electron chi connectivity index (χ0n) is 14.7. The molecule has 1 heterocycles. The van der Waals surface area contributed by atoms with Crippen LogP contribution >= 0.6 is 0 Å². The smallest absolute Gasteiger partial charge is 0.406 e. The molecule has 0 saturated carbocycles. The van der Waals surface area contributed by atoms with Gasteiger partial charge in [-0.3, -0.25) is 14.9 Å². The Hall–Kier alpha value is -3.29. The van der Waals surface area contributed by atoms with Crippen LogP contribution in [-0.2, 0) is 10.2 Å². The van der Waals surface area contributed by atoms with E-state index in [0.717, 1.165) is 5.56 Å². The van der Waals surface area contributed by atoms with Crippen molar-refractivity contribution in [1.82, 2.24) is 10.3 Å². The van der Waals surface area contributed by atoms with Crippen molar-refractivity contribution in [3.05, 3.63) is 63.8 Å². The van der Waals surface area contributed by atoms with Crippen molar-refractivity contribution in [1.29, 1.82) is 0 Å². The molecule has 2 amide bonds. The number of pyridine rings is 1. The lowest BCUT2D eigenvalue weighted by Crippen LogP contribution is -2.34. The molecule has 0 spiro atoms. The van der Waals surface area contributed by atoms with Crippen LogP contribution in [0.3, 0.4) is 0 Å². The first kappa shape index (κ1) is 19.0. The highest BCUT2D eigenvalue weighted by Crippen LogP contribution is 2.23. The Kier molecular flexibility index (Phi) is 5.66. The Labute approximate surface area is 150 Å². The van der Waals surface area contributed by atoms with E-state index in [-0.39, 0.29) is 11.2 Å². The number of benzene rings is 1. The standard InChI is InChI=1S/C18H19N3O5/c1-18(2,3)13-8-6-12(7-9-13)17(23)20-15(22)11-26-14-5-4-10-19-16(14)21(24)25/h4-10H,11H2,1-3H3,(H,20,22,23). The maximum Gasteiger partial charge on any atom is 0.406 e. The fraction of sp³-hybridized carbons (Fsp3) is 0.278. The van der Waals surface area contributed by atoms with E-state index in [1.54, 1.807) is 12.1 Å². The number of nitro groups is 1. The van der Waals surface area contributed by atoms with E-state index in [4.69, 9.17) is 4.74 Å². The zero-order valence-corrected chi connectivity index (χ0v) is 14.7. The van der Waals surface area contributed by atoms with Gasteiger partial charge in [0.1, 0.15) is 6.20 Å². The molecule has 1 aromatic heterocycles. The first-order valence-electron chi connectivity index (χ1n) is 7.85. The lowest BCUT2D eigenvalue weighted by molar-refractivity contribution is -0.390. The Morgan fingerprint density at radius 3 is 2.42 bits per heavy atom. The summed E-state index contributed by atoms with van der Waals surface area (Å²) in [5, 5.41) is 13.0. The maximum absolute atomic E-state index is 12.1. The second-order valence-corrected chi connectivity index (χ2v) is 6.58. The summed E-state index contributed by atoms with van der Waals surface area (Å²) in [7, 11) is 0. The average Bonchev–Trinajstić information content (AvgIpc) is 2.59. The number of hydrogen-bond acceptors (Lipinski definition) is 6. The first-order valence-corrected chi connectivity index (χ1v) is 7.85. The lowest BCUT2D eigenvalue weighted by atomic mass is 9.87. The Balaban J connectivity index is 1.96. The number of carbonyl (C=O) groups is 2. The number of rotatable bonds is 5. The van der Waals surface area contributed by atoms with Gasteiger partial charge in [-0.15, -0.1) is 0 Å². The van der Waals surface area contributed by atoms with Gasteiger partial charge >= 0.3 is 5.82 Å². The predicted octanol–water partition coefficient (Wildman–Crippen LogP) is 2.62. The second kappa shape index (κ2) is 7.73. The maximum atomic E-state index is 12.1. The van der Waals surface area contributed by atoms with E-state index < -0.39 is 29.2 Å². The minimum absolute atomic E-state index is 0.0445. The van der Waals surface area contributed by atoms with E-state index in [1.165, 1.54) is 18.3 Å². The summed E-state index contributed by atoms with van der Waals surface area (Å²) in [4.78, 5) is 37.6. The van der Waals surface area contributed by atoms with Gasteiger partial charge < -0.3 is 14.9 Å². The topological polar surface area (TPSA) is 111 Å². The SMILES string of the molecule is CC(C)(C)c1ccc(C(=O)NC(=O)COc2cccnc2[N+](=O)[O-])cc1. The van der Waals surface area contributed by atoms with Crippen LogP contribution in [0.1, 0.15) is 36.7 Å². The van der Waals surface area contributed by atoms with Crippen LogP contribution in [0.2, 0.25) is 0 Å². The lowest BCUT2D eigenvalue weighted by Gasteiger charge is -2.19. The van der Waals surface area contributed by atoms with E-state index >= 15 is 0 Å². The predicted molar refractivity (Wildman–Crippen MR) is 94.0 cm³/mol. The number of ether oxygens (including phenoxy) is 1. The Morgan fingerprint density at radius 2 is 1.85 bits per heavy atom. The van der Waals surface area contributed by atoms with Crippen molar-refractivity contribution in [3.63, 3.8) is 0 Å². The van der Waals surface area contributed by atoms with Crippen LogP contribution in [0.5, 0.6) is 5.75 Å². The van der Waals surface area contributed by atoms with Crippen molar-refractivity contribution < 1.29 is 19.2 Å². The van der Waals surface area contributed by atoms with Crippen LogP contribution < -0.4 is 10.1 Å². The summed E-state index contributed by atoms with van der Waals surface area (Å²) in [5.74, 6) is -1.92. The second-order valence-electron chi connectivity index (χ2n) is 6.58. The molecule has 8 heteroatoms. The van der Waals surface area contributed by atoms with Crippen molar-refractivity contribution >= 4 is 17.6 Å². The van der Waals surface area contributed by atoms with Gasteiger partial charge in [-0.25, -0.2) is 0 Å². The van der Waals surface area contributed by atoms with Gasteiger partial charge in [-0.2, -0.15) is 0 Å². The highest BCUT2D eigenvalue weighted by molar-refractivity contribution is 6.05. The summed E-state index contributed by atoms with van der Waals surface area (Å²) in [6.45, 7) is 5.63. The summed E-state index contributed by atoms with van der Waals surface area (Å²) in [6.07, 6.45) is 1.25. The number of hydrogen-bond donors (Lipinski definition) is 1. The molecule has 26 heavy (non-hydrogen) atoms. The molecule has 136 valence electrons. The summed E-state index contributed by atoms with van der Waals surface area (Å²) >= 11 is 0. The quantitative estimate of drug-likeness (QED) is 0.650. The third-order valence-electron chi connectivity index (χ3n) is 3.55. The number of aromatic nitrogens is 1. The zero-order chi connectivity index (χ0) is 19.3. The summed E-state index contributed by atoms with van der Waals surface area (Å²) < 4.78 is 5.09. The van der Waals surface area contributed by atoms with Gasteiger partial charge in [-0.1, -0.05) is 32.9 Å². The highest BCUT2D eigenvalue weighted by atomic mass is 16.6. The monoisotopic (exact) mass is 357 g/mol. The van der Waals surface area contributed by atoms with E-state index in [0.29, 0.717) is 5.56 Å². The third-order valence-corrected chi connectivity index (χ3v) is 3.55. The molecule has 2 rings (SSSR count). The fourth-order valence-corrected chi connectivity index (χ4v) is 2.13. The Morgan fingerprint density at radius 1 is 1.19 bits per heavy atom. The molecule has 0 unspecified atom stereocenters. The third kappa shape index (κ3) is 4.85. The molecule has 2 aromatic rings. The van der Waals surface area contributed by atoms with Crippen molar-refractivity contribution in [2.24, 2.45) is 0 Å². The molecule has 0 saturated heterocycles. The molecule has 0 atom stereocenters. The van der Waals surface area contributed by atoms with Crippen LogP contribution in [0, 0.1) is 10.1 Å². The molecule has 0 fully saturated rings. The molecule has 0 aliphatic carbocycles. The van der Waals surface area contributed by atoms with Crippen LogP contribution in [0.4, 0.5) is 5.82 Å². The Bertz CT molecular complexity index is 825. The molecular weight excluding hydrogens is 338 g/mol. The van der Waals surface area contributed by atoms with E-state index in [2.05, 4.69) is 31.1 Å². The molecule has 0 radical (unpaired) electrons. The van der Waals surface area contributed by atoms with Crippen molar-refractivity contribution in [2.45, 2.75) is 26.2 Å². The molecule has 1 aromatic carbocycles. The number of imide groups is 1. The molecule has 0 bridgehead atoms. The van der Waals surface area contributed by atoms with Gasteiger partial charge in [-0.05, 0) is 45.2 Å². The minimum atomic E-state index is -0.715. The summed E-state index contributed by atoms with van der Waals surface area (Å²) in [6, 6.07) is 9.70. The molecule has 1 N–H and O–H groups in total. The van der Waals surface area contributed by atoms with Crippen molar-refractivity contribution in [2.75, 3.05) is 6.61 Å². The van der Waals surface area contributed by atoms with Gasteiger partial charge in [0.2, 0.25) is 5.75 Å². The van der Waals surface area contributed by atoms with Gasteiger partial charge in [0.25, 0.3) is 11.8 Å². The molecule has 0 aliphatic rings. The van der Waals surface area contributed by atoms with Crippen LogP contribution in [0.15, 0.2) is 42.6 Å². The average molecular weight is 357 g/mol. The number of carbonyl (C=O) groups excluding carboxylic acids is 2. The molecule has 0 aliphatic heterocycles. The molecular formula is C18H19N3O5. The van der Waals surface area contributed by atoms with Gasteiger partial charge in [0.15, 0.2) is 6.61 Å². The van der Waals surface area contributed by atoms with Crippen LogP contribution in [-0.4, -0.2) is 28.3 Å². The highest BCUT2D eigenvalue weighted by Gasteiger charge is 2.18. The fourth-order valence-electron chi connectivity index (χ4n) is 2.13. The van der Waals surface area contributed by atoms with Gasteiger partial charge in [0, 0.05) is 5.56 Å². The van der Waals surface area contributed by atoms with Crippen molar-refractivity contribution in [3.8, 4) is 5.75 Å². The minimum Gasteiger partial charge on any atom is -0.476 e. The normalized spacial score (nSPS) is 10.9. The summed E-state index contributed by atoms with van der Waals surface area (Å²) in [5.41, 5.74) is 1.35. The number of amides is 2. The van der Waals surface area contributed by atoms with E-state index in [9.17, 15) is 19.7 Å². The number of nitrogens with one attached hydrogen (secondary N) is 1.